The lowest BCUT2D eigenvalue weighted by Crippen LogP contribution is -2.31. The Bertz CT molecular complexity index is 1290. The average molecular weight is 428 g/mol. The number of carbonyl (C=O) groups is 1. The van der Waals surface area contributed by atoms with E-state index in [0.717, 1.165) is 11.3 Å². The van der Waals surface area contributed by atoms with Crippen LogP contribution in [0.2, 0.25) is 0 Å². The van der Waals surface area contributed by atoms with Gasteiger partial charge in [-0.3, -0.25) is 9.59 Å². The molecule has 1 amide bonds. The summed E-state index contributed by atoms with van der Waals surface area (Å²) in [7, 11) is 5.54. The highest BCUT2D eigenvalue weighted by Gasteiger charge is 2.22. The molecule has 0 unspecified atom stereocenters. The van der Waals surface area contributed by atoms with Crippen LogP contribution >= 0.6 is 0 Å². The quantitative estimate of drug-likeness (QED) is 0.445. The molecule has 32 heavy (non-hydrogen) atoms. The van der Waals surface area contributed by atoms with Gasteiger partial charge in [-0.2, -0.15) is 0 Å². The minimum absolute atomic E-state index is 0.00516. The summed E-state index contributed by atoms with van der Waals surface area (Å²) in [6.45, 7) is 0.315. The summed E-state index contributed by atoms with van der Waals surface area (Å²) in [4.78, 5) is 29.7. The van der Waals surface area contributed by atoms with E-state index in [1.807, 2.05) is 55.4 Å². The molecule has 0 aliphatic heterocycles. The highest BCUT2D eigenvalue weighted by Crippen LogP contribution is 2.25. The number of anilines is 2. The molecule has 0 saturated carbocycles. The second-order valence-electron chi connectivity index (χ2n) is 7.62. The largest absolute Gasteiger partial charge is 0.497 e. The molecule has 0 radical (unpaired) electrons. The summed E-state index contributed by atoms with van der Waals surface area (Å²) >= 11 is 0. The molecular weight excluding hydrogens is 404 g/mol. The Kier molecular flexibility index (Phi) is 5.94. The predicted octanol–water partition coefficient (Wildman–Crippen LogP) is 4.71. The van der Waals surface area contributed by atoms with Crippen LogP contribution in [-0.2, 0) is 6.54 Å². The second kappa shape index (κ2) is 8.98. The van der Waals surface area contributed by atoms with Gasteiger partial charge in [0.15, 0.2) is 11.2 Å². The summed E-state index contributed by atoms with van der Waals surface area (Å²) in [5.74, 6) is 0.290. The predicted molar refractivity (Wildman–Crippen MR) is 127 cm³/mol. The van der Waals surface area contributed by atoms with Crippen molar-refractivity contribution in [3.63, 3.8) is 0 Å². The number of fused-ring (bicyclic) bond motifs is 1. The van der Waals surface area contributed by atoms with E-state index in [0.29, 0.717) is 29.0 Å². The monoisotopic (exact) mass is 428 g/mol. The molecule has 1 aromatic heterocycles. The Balaban J connectivity index is 1.74. The van der Waals surface area contributed by atoms with E-state index in [4.69, 9.17) is 9.15 Å². The summed E-state index contributed by atoms with van der Waals surface area (Å²) < 4.78 is 11.1. The SMILES string of the molecule is COc1ccc(N(Cc2ccc(N(C)C)cc2)C(=O)c2cc(=O)c3ccccc3o2)cc1. The van der Waals surface area contributed by atoms with Gasteiger partial charge in [-0.15, -0.1) is 0 Å². The number of rotatable bonds is 6. The van der Waals surface area contributed by atoms with E-state index in [-0.39, 0.29) is 11.2 Å². The maximum absolute atomic E-state index is 13.5. The van der Waals surface area contributed by atoms with Gasteiger partial charge >= 0.3 is 0 Å². The second-order valence-corrected chi connectivity index (χ2v) is 7.62. The minimum Gasteiger partial charge on any atom is -0.497 e. The Morgan fingerprint density at radius 3 is 2.22 bits per heavy atom. The fourth-order valence-corrected chi connectivity index (χ4v) is 3.47. The normalized spacial score (nSPS) is 10.7. The van der Waals surface area contributed by atoms with Crippen molar-refractivity contribution in [3.05, 3.63) is 100 Å². The van der Waals surface area contributed by atoms with Gasteiger partial charge in [0.05, 0.1) is 19.0 Å². The van der Waals surface area contributed by atoms with Gasteiger partial charge in [0, 0.05) is 31.5 Å². The van der Waals surface area contributed by atoms with Crippen LogP contribution in [-0.4, -0.2) is 27.1 Å². The molecule has 4 rings (SSSR count). The maximum Gasteiger partial charge on any atom is 0.294 e. The van der Waals surface area contributed by atoms with Gasteiger partial charge in [-0.1, -0.05) is 24.3 Å². The van der Waals surface area contributed by atoms with E-state index in [9.17, 15) is 9.59 Å². The van der Waals surface area contributed by atoms with Crippen molar-refractivity contribution in [2.24, 2.45) is 0 Å². The number of hydrogen-bond acceptors (Lipinski definition) is 5. The first kappa shape index (κ1) is 21.2. The van der Waals surface area contributed by atoms with Crippen molar-refractivity contribution in [2.75, 3.05) is 31.0 Å². The number of benzene rings is 3. The number of nitrogens with zero attached hydrogens (tertiary/aromatic N) is 2. The molecule has 162 valence electrons. The van der Waals surface area contributed by atoms with E-state index in [1.165, 1.54) is 6.07 Å². The number of para-hydroxylation sites is 1. The molecule has 1 heterocycles. The zero-order chi connectivity index (χ0) is 22.7. The number of ether oxygens (including phenoxy) is 1. The summed E-state index contributed by atoms with van der Waals surface area (Å²) in [6.07, 6.45) is 0. The molecule has 6 nitrogen and oxygen atoms in total. The molecule has 3 aromatic carbocycles. The van der Waals surface area contributed by atoms with Crippen LogP contribution in [0.3, 0.4) is 0 Å². The standard InChI is InChI=1S/C26H24N2O4/c1-27(2)19-10-8-18(9-11-19)17-28(20-12-14-21(31-3)15-13-20)26(30)25-16-23(29)22-6-4-5-7-24(22)32-25/h4-16H,17H2,1-3H3. The van der Waals surface area contributed by atoms with Crippen LogP contribution in [0.25, 0.3) is 11.0 Å². The Hall–Kier alpha value is -4.06. The molecule has 0 fully saturated rings. The van der Waals surface area contributed by atoms with E-state index >= 15 is 0 Å². The molecule has 0 aliphatic carbocycles. The van der Waals surface area contributed by atoms with Crippen molar-refractivity contribution >= 4 is 28.3 Å². The maximum atomic E-state index is 13.5. The first-order chi connectivity index (χ1) is 15.5. The molecule has 0 saturated heterocycles. The van der Waals surface area contributed by atoms with Gasteiger partial charge in [0.2, 0.25) is 0 Å². The third-order valence-corrected chi connectivity index (χ3v) is 5.27. The Labute approximate surface area is 186 Å². The Morgan fingerprint density at radius 2 is 1.56 bits per heavy atom. The van der Waals surface area contributed by atoms with Crippen LogP contribution in [0.5, 0.6) is 5.75 Å². The smallest absolute Gasteiger partial charge is 0.294 e. The molecule has 4 aromatic rings. The average Bonchev–Trinajstić information content (AvgIpc) is 2.82. The summed E-state index contributed by atoms with van der Waals surface area (Å²) in [5, 5.41) is 0.444. The molecule has 0 bridgehead atoms. The summed E-state index contributed by atoms with van der Waals surface area (Å²) in [5.41, 5.74) is 2.82. The third-order valence-electron chi connectivity index (χ3n) is 5.27. The van der Waals surface area contributed by atoms with Crippen molar-refractivity contribution in [3.8, 4) is 5.75 Å². The number of hydrogen-bond donors (Lipinski definition) is 0. The summed E-state index contributed by atoms with van der Waals surface area (Å²) in [6, 6.07) is 23.3. The fourth-order valence-electron chi connectivity index (χ4n) is 3.47. The van der Waals surface area contributed by atoms with Gasteiger partial charge in [0.1, 0.15) is 11.3 Å². The van der Waals surface area contributed by atoms with Crippen LogP contribution in [0, 0.1) is 0 Å². The Morgan fingerprint density at radius 1 is 0.906 bits per heavy atom. The molecule has 0 aliphatic rings. The van der Waals surface area contributed by atoms with Crippen molar-refractivity contribution in [1.82, 2.24) is 0 Å². The van der Waals surface area contributed by atoms with Crippen molar-refractivity contribution < 1.29 is 13.9 Å². The number of carbonyl (C=O) groups excluding carboxylic acids is 1. The topological polar surface area (TPSA) is 63.0 Å². The zero-order valence-corrected chi connectivity index (χ0v) is 18.2. The highest BCUT2D eigenvalue weighted by molar-refractivity contribution is 6.04. The first-order valence-corrected chi connectivity index (χ1v) is 10.2. The van der Waals surface area contributed by atoms with Gasteiger partial charge in [-0.25, -0.2) is 0 Å². The molecule has 0 atom stereocenters. The minimum atomic E-state index is -0.394. The van der Waals surface area contributed by atoms with E-state index < -0.39 is 5.91 Å². The van der Waals surface area contributed by atoms with E-state index in [2.05, 4.69) is 0 Å². The van der Waals surface area contributed by atoms with Gasteiger partial charge < -0.3 is 19.0 Å². The lowest BCUT2D eigenvalue weighted by atomic mass is 10.1. The van der Waals surface area contributed by atoms with Gasteiger partial charge in [0.25, 0.3) is 5.91 Å². The molecule has 6 heteroatoms. The molecular formula is C26H24N2O4. The van der Waals surface area contributed by atoms with Crippen molar-refractivity contribution in [1.29, 1.82) is 0 Å². The fraction of sp³-hybridized carbons (Fsp3) is 0.154. The zero-order valence-electron chi connectivity index (χ0n) is 18.2. The van der Waals surface area contributed by atoms with Gasteiger partial charge in [-0.05, 0) is 54.1 Å². The lowest BCUT2D eigenvalue weighted by molar-refractivity contribution is 0.0959. The van der Waals surface area contributed by atoms with Crippen molar-refractivity contribution in [2.45, 2.75) is 6.54 Å². The van der Waals surface area contributed by atoms with E-state index in [1.54, 1.807) is 48.4 Å². The van der Waals surface area contributed by atoms with Crippen LogP contribution in [0.1, 0.15) is 16.1 Å². The van der Waals surface area contributed by atoms with Crippen LogP contribution < -0.4 is 20.0 Å². The van der Waals surface area contributed by atoms with Crippen LogP contribution in [0.15, 0.2) is 88.1 Å². The van der Waals surface area contributed by atoms with Crippen LogP contribution in [0.4, 0.5) is 11.4 Å². The number of methoxy groups -OCH3 is 1. The molecule has 0 spiro atoms. The number of amides is 1. The molecule has 0 N–H and O–H groups in total. The third kappa shape index (κ3) is 4.34. The first-order valence-electron chi connectivity index (χ1n) is 10.2. The highest BCUT2D eigenvalue weighted by atomic mass is 16.5. The lowest BCUT2D eigenvalue weighted by Gasteiger charge is -2.23.